The highest BCUT2D eigenvalue weighted by Crippen LogP contribution is 2.07. The van der Waals surface area contributed by atoms with E-state index in [4.69, 9.17) is 4.74 Å². The predicted octanol–water partition coefficient (Wildman–Crippen LogP) is 3.10. The number of hydrogen-bond donors (Lipinski definition) is 0. The van der Waals surface area contributed by atoms with Gasteiger partial charge in [-0.25, -0.2) is 4.79 Å². The minimum atomic E-state index is -0.289. The monoisotopic (exact) mass is 196 g/mol. The third-order valence-corrected chi connectivity index (χ3v) is 1.91. The average Bonchev–Trinajstić information content (AvgIpc) is 2.14. The Balaban J connectivity index is 3.58. The van der Waals surface area contributed by atoms with E-state index >= 15 is 0 Å². The Labute approximate surface area is 86.6 Å². The van der Waals surface area contributed by atoms with E-state index in [2.05, 4.69) is 19.6 Å². The van der Waals surface area contributed by atoms with Crippen molar-refractivity contribution >= 4 is 5.97 Å². The van der Waals surface area contributed by atoms with Crippen LogP contribution in [0.4, 0.5) is 0 Å². The summed E-state index contributed by atoms with van der Waals surface area (Å²) in [4.78, 5) is 11.0. The summed E-state index contributed by atoms with van der Waals surface area (Å²) in [5.41, 5.74) is 0.464. The normalized spacial score (nSPS) is 12.8. The van der Waals surface area contributed by atoms with Gasteiger partial charge in [0.05, 0.1) is 6.61 Å². The Morgan fingerprint density at radius 1 is 1.57 bits per heavy atom. The molecular formula is C12H20O2. The first-order chi connectivity index (χ1) is 6.57. The minimum Gasteiger partial charge on any atom is -0.462 e. The van der Waals surface area contributed by atoms with Crippen molar-refractivity contribution in [2.45, 2.75) is 33.6 Å². The van der Waals surface area contributed by atoms with Gasteiger partial charge in [-0.05, 0) is 32.6 Å². The highest BCUT2D eigenvalue weighted by atomic mass is 16.5. The van der Waals surface area contributed by atoms with Crippen molar-refractivity contribution in [1.82, 2.24) is 0 Å². The second-order valence-corrected chi connectivity index (χ2v) is 3.63. The standard InChI is InChI=1S/C12H20O2/c1-5-6-7-8-11(4)9-14-12(13)10(2)3/h5-6,11H,2,7-9H2,1,3-4H3. The highest BCUT2D eigenvalue weighted by molar-refractivity contribution is 5.86. The molecule has 0 fully saturated rings. The molecule has 0 amide bonds. The maximum Gasteiger partial charge on any atom is 0.333 e. The summed E-state index contributed by atoms with van der Waals surface area (Å²) in [6, 6.07) is 0. The molecule has 0 aromatic carbocycles. The number of carbonyl (C=O) groups excluding carboxylic acids is 1. The minimum absolute atomic E-state index is 0.289. The second kappa shape index (κ2) is 7.36. The number of rotatable bonds is 6. The van der Waals surface area contributed by atoms with Crippen molar-refractivity contribution in [3.05, 3.63) is 24.3 Å². The Morgan fingerprint density at radius 2 is 2.21 bits per heavy atom. The van der Waals surface area contributed by atoms with Gasteiger partial charge < -0.3 is 4.74 Å². The summed E-state index contributed by atoms with van der Waals surface area (Å²) in [5.74, 6) is 0.123. The van der Waals surface area contributed by atoms with Gasteiger partial charge in [-0.2, -0.15) is 0 Å². The van der Waals surface area contributed by atoms with Gasteiger partial charge in [-0.15, -0.1) is 0 Å². The molecule has 0 rings (SSSR count). The first-order valence-corrected chi connectivity index (χ1v) is 5.01. The third-order valence-electron chi connectivity index (χ3n) is 1.91. The molecule has 0 aliphatic heterocycles. The summed E-state index contributed by atoms with van der Waals surface area (Å²) in [6.07, 6.45) is 6.25. The van der Waals surface area contributed by atoms with Crippen molar-refractivity contribution in [3.63, 3.8) is 0 Å². The number of hydrogen-bond acceptors (Lipinski definition) is 2. The van der Waals surface area contributed by atoms with Crippen LogP contribution in [0.2, 0.25) is 0 Å². The molecule has 0 aliphatic rings. The van der Waals surface area contributed by atoms with Gasteiger partial charge in [0.25, 0.3) is 0 Å². The SMILES string of the molecule is C=C(C)C(=O)OCC(C)CCC=CC. The van der Waals surface area contributed by atoms with E-state index < -0.39 is 0 Å². The highest BCUT2D eigenvalue weighted by Gasteiger charge is 2.06. The molecule has 0 heterocycles. The predicted molar refractivity (Wildman–Crippen MR) is 59.0 cm³/mol. The van der Waals surface area contributed by atoms with Crippen LogP contribution in [0.5, 0.6) is 0 Å². The van der Waals surface area contributed by atoms with Gasteiger partial charge >= 0.3 is 5.97 Å². The second-order valence-electron chi connectivity index (χ2n) is 3.63. The van der Waals surface area contributed by atoms with E-state index in [1.807, 2.05) is 13.0 Å². The van der Waals surface area contributed by atoms with Gasteiger partial charge in [0.15, 0.2) is 0 Å². The zero-order chi connectivity index (χ0) is 11.0. The van der Waals surface area contributed by atoms with E-state index in [9.17, 15) is 4.79 Å². The molecule has 0 aliphatic carbocycles. The van der Waals surface area contributed by atoms with Crippen molar-refractivity contribution in [2.75, 3.05) is 6.61 Å². The Bertz CT molecular complexity index is 216. The number of ether oxygens (including phenoxy) is 1. The maximum absolute atomic E-state index is 11.0. The molecule has 0 N–H and O–H groups in total. The smallest absolute Gasteiger partial charge is 0.333 e. The Hall–Kier alpha value is -1.05. The first kappa shape index (κ1) is 12.9. The molecule has 0 saturated heterocycles. The van der Waals surface area contributed by atoms with Crippen LogP contribution >= 0.6 is 0 Å². The van der Waals surface area contributed by atoms with Crippen molar-refractivity contribution in [3.8, 4) is 0 Å². The fraction of sp³-hybridized carbons (Fsp3) is 0.583. The van der Waals surface area contributed by atoms with Crippen LogP contribution in [0.1, 0.15) is 33.6 Å². The van der Waals surface area contributed by atoms with E-state index in [0.717, 1.165) is 12.8 Å². The number of esters is 1. The molecular weight excluding hydrogens is 176 g/mol. The Kier molecular flexibility index (Phi) is 6.81. The lowest BCUT2D eigenvalue weighted by Gasteiger charge is -2.10. The molecule has 0 bridgehead atoms. The average molecular weight is 196 g/mol. The molecule has 2 heteroatoms. The van der Waals surface area contributed by atoms with E-state index in [1.165, 1.54) is 0 Å². The zero-order valence-electron chi connectivity index (χ0n) is 9.38. The van der Waals surface area contributed by atoms with E-state index in [-0.39, 0.29) is 5.97 Å². The van der Waals surface area contributed by atoms with Crippen LogP contribution in [-0.4, -0.2) is 12.6 Å². The van der Waals surface area contributed by atoms with Gasteiger partial charge in [0.1, 0.15) is 0 Å². The molecule has 80 valence electrons. The summed E-state index contributed by atoms with van der Waals surface area (Å²) in [6.45, 7) is 9.76. The van der Waals surface area contributed by atoms with Crippen LogP contribution in [0.25, 0.3) is 0 Å². The van der Waals surface area contributed by atoms with Gasteiger partial charge in [0.2, 0.25) is 0 Å². The topological polar surface area (TPSA) is 26.3 Å². The number of allylic oxidation sites excluding steroid dienone is 2. The lowest BCUT2D eigenvalue weighted by Crippen LogP contribution is -2.12. The van der Waals surface area contributed by atoms with E-state index in [1.54, 1.807) is 6.92 Å². The summed E-state index contributed by atoms with van der Waals surface area (Å²) in [5, 5.41) is 0. The molecule has 0 radical (unpaired) electrons. The van der Waals surface area contributed by atoms with Gasteiger partial charge in [-0.3, -0.25) is 0 Å². The molecule has 0 spiro atoms. The molecule has 0 aromatic heterocycles. The summed E-state index contributed by atoms with van der Waals surface area (Å²) in [7, 11) is 0. The zero-order valence-corrected chi connectivity index (χ0v) is 9.38. The maximum atomic E-state index is 11.0. The molecule has 1 unspecified atom stereocenters. The van der Waals surface area contributed by atoms with Gasteiger partial charge in [-0.1, -0.05) is 25.7 Å². The van der Waals surface area contributed by atoms with Crippen LogP contribution in [0.3, 0.4) is 0 Å². The molecule has 0 saturated carbocycles. The van der Waals surface area contributed by atoms with Crippen LogP contribution in [0, 0.1) is 5.92 Å². The summed E-state index contributed by atoms with van der Waals surface area (Å²) < 4.78 is 5.03. The molecule has 0 aromatic rings. The van der Waals surface area contributed by atoms with Gasteiger partial charge in [0, 0.05) is 5.57 Å². The van der Waals surface area contributed by atoms with Crippen molar-refractivity contribution in [1.29, 1.82) is 0 Å². The number of carbonyl (C=O) groups is 1. The molecule has 14 heavy (non-hydrogen) atoms. The quantitative estimate of drug-likeness (QED) is 0.370. The summed E-state index contributed by atoms with van der Waals surface area (Å²) >= 11 is 0. The van der Waals surface area contributed by atoms with Crippen LogP contribution in [0.15, 0.2) is 24.3 Å². The van der Waals surface area contributed by atoms with Crippen LogP contribution in [-0.2, 0) is 9.53 Å². The fourth-order valence-electron chi connectivity index (χ4n) is 0.972. The lowest BCUT2D eigenvalue weighted by molar-refractivity contribution is -0.140. The molecule has 2 nitrogen and oxygen atoms in total. The lowest BCUT2D eigenvalue weighted by atomic mass is 10.1. The first-order valence-electron chi connectivity index (χ1n) is 5.01. The van der Waals surface area contributed by atoms with E-state index in [0.29, 0.717) is 18.1 Å². The third kappa shape index (κ3) is 6.46. The van der Waals surface area contributed by atoms with Crippen molar-refractivity contribution < 1.29 is 9.53 Å². The van der Waals surface area contributed by atoms with Crippen molar-refractivity contribution in [2.24, 2.45) is 5.92 Å². The fourth-order valence-corrected chi connectivity index (χ4v) is 0.972. The molecule has 1 atom stereocenters. The largest absolute Gasteiger partial charge is 0.462 e. The Morgan fingerprint density at radius 3 is 2.71 bits per heavy atom. The van der Waals surface area contributed by atoms with Crippen LogP contribution < -0.4 is 0 Å².